The van der Waals surface area contributed by atoms with Crippen molar-refractivity contribution in [1.29, 1.82) is 0 Å². The summed E-state index contributed by atoms with van der Waals surface area (Å²) in [5.74, 6) is 1.99. The summed E-state index contributed by atoms with van der Waals surface area (Å²) in [5.41, 5.74) is 1.81. The molecule has 7 nitrogen and oxygen atoms in total. The van der Waals surface area contributed by atoms with E-state index in [1.54, 1.807) is 29.9 Å². The first kappa shape index (κ1) is 16.9. The quantitative estimate of drug-likeness (QED) is 0.788. The molecule has 0 aliphatic carbocycles. The van der Waals surface area contributed by atoms with Gasteiger partial charge in [0, 0.05) is 31.8 Å². The van der Waals surface area contributed by atoms with Gasteiger partial charge < -0.3 is 24.6 Å². The molecule has 8 heteroatoms. The number of aryl methyl sites for hydroxylation is 2. The molecule has 2 heterocycles. The third-order valence-corrected chi connectivity index (χ3v) is 4.21. The summed E-state index contributed by atoms with van der Waals surface area (Å²) < 4.78 is 17.7. The molecule has 1 aromatic heterocycles. The van der Waals surface area contributed by atoms with Gasteiger partial charge in [-0.3, -0.25) is 4.68 Å². The van der Waals surface area contributed by atoms with Crippen molar-refractivity contribution in [3.63, 3.8) is 0 Å². The van der Waals surface area contributed by atoms with Gasteiger partial charge in [-0.2, -0.15) is 5.10 Å². The second-order valence-corrected chi connectivity index (χ2v) is 5.95. The molecule has 0 spiro atoms. The number of hydrogen-bond acceptors (Lipinski definition) is 6. The van der Waals surface area contributed by atoms with Gasteiger partial charge in [-0.15, -0.1) is 0 Å². The van der Waals surface area contributed by atoms with E-state index in [2.05, 4.69) is 10.4 Å². The molecule has 24 heavy (non-hydrogen) atoms. The second kappa shape index (κ2) is 7.29. The van der Waals surface area contributed by atoms with Crippen molar-refractivity contribution in [1.82, 2.24) is 15.1 Å². The summed E-state index contributed by atoms with van der Waals surface area (Å²) in [7, 11) is 1.80. The second-order valence-electron chi connectivity index (χ2n) is 5.59. The van der Waals surface area contributed by atoms with E-state index in [1.165, 1.54) is 0 Å². The minimum Gasteiger partial charge on any atom is -0.491 e. The van der Waals surface area contributed by atoms with Crippen LogP contribution in [0.5, 0.6) is 17.2 Å². The fraction of sp³-hybridized carbons (Fsp3) is 0.438. The Hall–Kier alpha value is -1.96. The van der Waals surface area contributed by atoms with Gasteiger partial charge in [0.1, 0.15) is 23.6 Å². The van der Waals surface area contributed by atoms with Gasteiger partial charge in [-0.1, -0.05) is 11.6 Å². The topological polar surface area (TPSA) is 77.8 Å². The number of aliphatic hydroxyl groups is 1. The molecule has 1 unspecified atom stereocenters. The fourth-order valence-corrected chi connectivity index (χ4v) is 2.70. The largest absolute Gasteiger partial charge is 0.491 e. The zero-order valence-corrected chi connectivity index (χ0v) is 14.3. The average molecular weight is 354 g/mol. The summed E-state index contributed by atoms with van der Waals surface area (Å²) in [6.45, 7) is 3.23. The first-order valence-corrected chi connectivity index (χ1v) is 8.01. The van der Waals surface area contributed by atoms with E-state index < -0.39 is 6.10 Å². The number of nitrogens with one attached hydrogen (secondary N) is 1. The highest BCUT2D eigenvalue weighted by atomic mass is 35.5. The Bertz CT molecular complexity index is 720. The molecule has 130 valence electrons. The zero-order chi connectivity index (χ0) is 17.1. The first-order chi connectivity index (χ1) is 11.5. The lowest BCUT2D eigenvalue weighted by Crippen LogP contribution is -2.31. The Morgan fingerprint density at radius 3 is 2.96 bits per heavy atom. The summed E-state index contributed by atoms with van der Waals surface area (Å²) in [5, 5.41) is 18.0. The van der Waals surface area contributed by atoms with Crippen LogP contribution in [-0.2, 0) is 13.6 Å². The molecule has 1 aliphatic heterocycles. The number of benzene rings is 1. The molecule has 0 saturated carbocycles. The number of rotatable bonds is 7. The van der Waals surface area contributed by atoms with Crippen LogP contribution in [0.4, 0.5) is 0 Å². The Morgan fingerprint density at radius 2 is 2.21 bits per heavy atom. The molecular formula is C16H20ClN3O4. The van der Waals surface area contributed by atoms with E-state index in [4.69, 9.17) is 25.8 Å². The summed E-state index contributed by atoms with van der Waals surface area (Å²) in [4.78, 5) is 0. The lowest BCUT2D eigenvalue weighted by Gasteiger charge is -2.13. The average Bonchev–Trinajstić information content (AvgIpc) is 3.12. The maximum atomic E-state index is 10.0. The molecule has 0 radical (unpaired) electrons. The molecule has 0 bridgehead atoms. The molecule has 1 aromatic carbocycles. The number of halogens is 1. The highest BCUT2D eigenvalue weighted by molar-refractivity contribution is 6.30. The van der Waals surface area contributed by atoms with Crippen LogP contribution in [0.1, 0.15) is 11.3 Å². The normalized spacial score (nSPS) is 14.0. The van der Waals surface area contributed by atoms with Crippen molar-refractivity contribution in [3.05, 3.63) is 34.6 Å². The van der Waals surface area contributed by atoms with Crippen molar-refractivity contribution >= 4 is 11.6 Å². The van der Waals surface area contributed by atoms with Crippen LogP contribution < -0.4 is 19.5 Å². The van der Waals surface area contributed by atoms with Crippen molar-refractivity contribution < 1.29 is 19.3 Å². The number of fused-ring (bicyclic) bond motifs is 1. The standard InChI is InChI=1S/C16H20ClN3O4/c1-10-13(16(17)20(2)19-10)7-18-6-11(21)8-22-12-3-4-14-15(5-12)24-9-23-14/h3-5,11,18,21H,6-9H2,1-2H3. The molecule has 0 saturated heterocycles. The molecule has 0 amide bonds. The maximum absolute atomic E-state index is 10.0. The first-order valence-electron chi connectivity index (χ1n) is 7.64. The maximum Gasteiger partial charge on any atom is 0.231 e. The highest BCUT2D eigenvalue weighted by Gasteiger charge is 2.15. The Morgan fingerprint density at radius 1 is 1.42 bits per heavy atom. The molecular weight excluding hydrogens is 334 g/mol. The summed E-state index contributed by atoms with van der Waals surface area (Å²) in [6.07, 6.45) is -0.647. The van der Waals surface area contributed by atoms with Crippen LogP contribution in [0.3, 0.4) is 0 Å². The lowest BCUT2D eigenvalue weighted by molar-refractivity contribution is 0.106. The van der Waals surface area contributed by atoms with E-state index in [9.17, 15) is 5.11 Å². The SMILES string of the molecule is Cc1nn(C)c(Cl)c1CNCC(O)COc1ccc2c(c1)OCO2. The number of hydrogen-bond donors (Lipinski definition) is 2. The van der Waals surface area contributed by atoms with Gasteiger partial charge in [-0.05, 0) is 19.1 Å². The number of ether oxygens (including phenoxy) is 3. The Labute approximate surface area is 145 Å². The predicted octanol–water partition coefficient (Wildman–Crippen LogP) is 1.64. The van der Waals surface area contributed by atoms with Crippen molar-refractivity contribution in [2.45, 2.75) is 19.6 Å². The summed E-state index contributed by atoms with van der Waals surface area (Å²) in [6, 6.07) is 5.32. The third kappa shape index (κ3) is 3.75. The minimum absolute atomic E-state index is 0.173. The van der Waals surface area contributed by atoms with E-state index in [1.807, 2.05) is 6.92 Å². The van der Waals surface area contributed by atoms with E-state index in [0.29, 0.717) is 35.5 Å². The van der Waals surface area contributed by atoms with Crippen molar-refractivity contribution in [2.75, 3.05) is 19.9 Å². The third-order valence-electron chi connectivity index (χ3n) is 3.74. The zero-order valence-electron chi connectivity index (χ0n) is 13.6. The van der Waals surface area contributed by atoms with Gasteiger partial charge >= 0.3 is 0 Å². The lowest BCUT2D eigenvalue weighted by atomic mass is 10.2. The fourth-order valence-electron chi connectivity index (χ4n) is 2.46. The van der Waals surface area contributed by atoms with Gasteiger partial charge in [0.15, 0.2) is 11.5 Å². The number of aromatic nitrogens is 2. The van der Waals surface area contributed by atoms with Gasteiger partial charge in [0.2, 0.25) is 6.79 Å². The van der Waals surface area contributed by atoms with Crippen LogP contribution in [0.25, 0.3) is 0 Å². The molecule has 3 rings (SSSR count). The minimum atomic E-state index is -0.647. The molecule has 2 aromatic rings. The van der Waals surface area contributed by atoms with Gasteiger partial charge in [0.25, 0.3) is 0 Å². The van der Waals surface area contributed by atoms with Gasteiger partial charge in [-0.25, -0.2) is 0 Å². The van der Waals surface area contributed by atoms with E-state index >= 15 is 0 Å². The van der Waals surface area contributed by atoms with Crippen LogP contribution in [0, 0.1) is 6.92 Å². The van der Waals surface area contributed by atoms with E-state index in [-0.39, 0.29) is 13.4 Å². The Kier molecular flexibility index (Phi) is 5.13. The molecule has 1 atom stereocenters. The smallest absolute Gasteiger partial charge is 0.231 e. The van der Waals surface area contributed by atoms with Crippen LogP contribution in [0.2, 0.25) is 5.15 Å². The van der Waals surface area contributed by atoms with Crippen LogP contribution in [0.15, 0.2) is 18.2 Å². The molecule has 2 N–H and O–H groups in total. The Balaban J connectivity index is 1.43. The van der Waals surface area contributed by atoms with Gasteiger partial charge in [0.05, 0.1) is 5.69 Å². The van der Waals surface area contributed by atoms with Crippen molar-refractivity contribution in [3.8, 4) is 17.2 Å². The molecule has 1 aliphatic rings. The summed E-state index contributed by atoms with van der Waals surface area (Å²) >= 11 is 6.17. The number of aliphatic hydroxyl groups excluding tert-OH is 1. The van der Waals surface area contributed by atoms with Crippen molar-refractivity contribution in [2.24, 2.45) is 7.05 Å². The number of nitrogens with zero attached hydrogens (tertiary/aromatic N) is 2. The van der Waals surface area contributed by atoms with Crippen LogP contribution >= 0.6 is 11.6 Å². The van der Waals surface area contributed by atoms with E-state index in [0.717, 1.165) is 11.3 Å². The van der Waals surface area contributed by atoms with Crippen LogP contribution in [-0.4, -0.2) is 40.9 Å². The highest BCUT2D eigenvalue weighted by Crippen LogP contribution is 2.35. The monoisotopic (exact) mass is 353 g/mol. The predicted molar refractivity (Wildman–Crippen MR) is 88.7 cm³/mol. The molecule has 0 fully saturated rings.